The number of halogens is 1. The first-order chi connectivity index (χ1) is 13.2. The van der Waals surface area contributed by atoms with Crippen LogP contribution >= 0.6 is 0 Å². The third kappa shape index (κ3) is 3.95. The number of ether oxygens (including phenoxy) is 2. The molecule has 136 valence electrons. The van der Waals surface area contributed by atoms with Crippen LogP contribution < -0.4 is 20.1 Å². The third-order valence-corrected chi connectivity index (χ3v) is 3.87. The van der Waals surface area contributed by atoms with Crippen molar-refractivity contribution >= 4 is 17.4 Å². The van der Waals surface area contributed by atoms with Gasteiger partial charge in [0.25, 0.3) is 5.91 Å². The van der Waals surface area contributed by atoms with Gasteiger partial charge < -0.3 is 20.1 Å². The minimum Gasteiger partial charge on any atom is -0.454 e. The molecule has 0 aliphatic carbocycles. The standard InChI is InChI=1S/C19H15FN4O3/c20-13-2-1-3-14(7-13)24-18-10-21-15(9-22-18)19(25)23-8-12-4-5-16-17(6-12)27-11-26-16/h1-7,9-10H,8,11H2,(H,22,24)(H,23,25). The van der Waals surface area contributed by atoms with Crippen molar-refractivity contribution in [1.29, 1.82) is 0 Å². The van der Waals surface area contributed by atoms with Crippen molar-refractivity contribution in [1.82, 2.24) is 15.3 Å². The van der Waals surface area contributed by atoms with Gasteiger partial charge in [0.2, 0.25) is 6.79 Å². The van der Waals surface area contributed by atoms with Gasteiger partial charge in [0, 0.05) is 12.2 Å². The number of carbonyl (C=O) groups excluding carboxylic acids is 1. The molecule has 0 spiro atoms. The van der Waals surface area contributed by atoms with Gasteiger partial charge in [-0.25, -0.2) is 14.4 Å². The fraction of sp³-hybridized carbons (Fsp3) is 0.105. The first-order valence-electron chi connectivity index (χ1n) is 8.19. The van der Waals surface area contributed by atoms with Crippen molar-refractivity contribution in [3.63, 3.8) is 0 Å². The molecule has 1 amide bonds. The van der Waals surface area contributed by atoms with E-state index in [1.807, 2.05) is 12.1 Å². The number of carbonyl (C=O) groups is 1. The van der Waals surface area contributed by atoms with Gasteiger partial charge in [0.1, 0.15) is 17.3 Å². The number of nitrogens with one attached hydrogen (secondary N) is 2. The fourth-order valence-corrected chi connectivity index (χ4v) is 2.55. The number of hydrogen-bond donors (Lipinski definition) is 2. The maximum atomic E-state index is 13.2. The Balaban J connectivity index is 1.36. The quantitative estimate of drug-likeness (QED) is 0.722. The number of rotatable bonds is 5. The maximum absolute atomic E-state index is 13.2. The molecule has 2 aromatic carbocycles. The number of aromatic nitrogens is 2. The lowest BCUT2D eigenvalue weighted by molar-refractivity contribution is 0.0945. The van der Waals surface area contributed by atoms with Crippen molar-refractivity contribution in [3.8, 4) is 11.5 Å². The van der Waals surface area contributed by atoms with E-state index in [1.165, 1.54) is 24.5 Å². The molecule has 3 aromatic rings. The molecule has 0 bridgehead atoms. The van der Waals surface area contributed by atoms with Crippen molar-refractivity contribution in [2.24, 2.45) is 0 Å². The second-order valence-corrected chi connectivity index (χ2v) is 5.79. The van der Waals surface area contributed by atoms with E-state index in [0.29, 0.717) is 29.5 Å². The normalized spacial score (nSPS) is 11.9. The van der Waals surface area contributed by atoms with Crippen LogP contribution in [0.5, 0.6) is 11.5 Å². The summed E-state index contributed by atoms with van der Waals surface area (Å²) in [5.74, 6) is 1.06. The van der Waals surface area contributed by atoms with Gasteiger partial charge in [-0.1, -0.05) is 12.1 Å². The molecular formula is C19H15FN4O3. The molecule has 7 nitrogen and oxygen atoms in total. The van der Waals surface area contributed by atoms with Crippen LogP contribution in [0.25, 0.3) is 0 Å². The maximum Gasteiger partial charge on any atom is 0.271 e. The lowest BCUT2D eigenvalue weighted by Crippen LogP contribution is -2.24. The average molecular weight is 366 g/mol. The smallest absolute Gasteiger partial charge is 0.271 e. The van der Waals surface area contributed by atoms with Crippen molar-refractivity contribution in [3.05, 3.63) is 71.9 Å². The monoisotopic (exact) mass is 366 g/mol. The topological polar surface area (TPSA) is 85.4 Å². The summed E-state index contributed by atoms with van der Waals surface area (Å²) in [4.78, 5) is 20.5. The van der Waals surface area contributed by atoms with E-state index in [-0.39, 0.29) is 24.2 Å². The lowest BCUT2D eigenvalue weighted by atomic mass is 10.2. The molecule has 0 fully saturated rings. The summed E-state index contributed by atoms with van der Waals surface area (Å²) in [6.45, 7) is 0.525. The first-order valence-corrected chi connectivity index (χ1v) is 8.19. The fourth-order valence-electron chi connectivity index (χ4n) is 2.55. The first kappa shape index (κ1) is 16.8. The van der Waals surface area contributed by atoms with E-state index in [0.717, 1.165) is 5.56 Å². The van der Waals surface area contributed by atoms with Crippen LogP contribution in [-0.4, -0.2) is 22.7 Å². The molecular weight excluding hydrogens is 351 g/mol. The van der Waals surface area contributed by atoms with Crippen molar-refractivity contribution in [2.45, 2.75) is 6.54 Å². The summed E-state index contributed by atoms with van der Waals surface area (Å²) in [5.41, 5.74) is 1.61. The molecule has 0 unspecified atom stereocenters. The van der Waals surface area contributed by atoms with E-state index in [4.69, 9.17) is 9.47 Å². The Bertz CT molecular complexity index is 979. The average Bonchev–Trinajstić information content (AvgIpc) is 3.14. The van der Waals surface area contributed by atoms with Gasteiger partial charge in [-0.3, -0.25) is 4.79 Å². The Morgan fingerprint density at radius 3 is 2.78 bits per heavy atom. The number of benzene rings is 2. The largest absolute Gasteiger partial charge is 0.454 e. The molecule has 0 radical (unpaired) electrons. The second-order valence-electron chi connectivity index (χ2n) is 5.79. The third-order valence-electron chi connectivity index (χ3n) is 3.87. The zero-order valence-corrected chi connectivity index (χ0v) is 14.1. The minimum absolute atomic E-state index is 0.181. The number of amides is 1. The van der Waals surface area contributed by atoms with Crippen molar-refractivity contribution in [2.75, 3.05) is 12.1 Å². The number of anilines is 2. The molecule has 0 saturated heterocycles. The molecule has 27 heavy (non-hydrogen) atoms. The van der Waals surface area contributed by atoms with Gasteiger partial charge >= 0.3 is 0 Å². The highest BCUT2D eigenvalue weighted by molar-refractivity contribution is 5.92. The molecule has 1 aliphatic heterocycles. The van der Waals surface area contributed by atoms with Crippen LogP contribution in [0.1, 0.15) is 16.1 Å². The van der Waals surface area contributed by atoms with Crippen LogP contribution in [0.3, 0.4) is 0 Å². The molecule has 0 saturated carbocycles. The van der Waals surface area contributed by atoms with Gasteiger partial charge in [-0.15, -0.1) is 0 Å². The Hall–Kier alpha value is -3.68. The second kappa shape index (κ2) is 7.28. The molecule has 8 heteroatoms. The van der Waals surface area contributed by atoms with Crippen LogP contribution in [0, 0.1) is 5.82 Å². The van der Waals surface area contributed by atoms with E-state index >= 15 is 0 Å². The van der Waals surface area contributed by atoms with Crippen LogP contribution in [-0.2, 0) is 6.54 Å². The highest BCUT2D eigenvalue weighted by Crippen LogP contribution is 2.32. The van der Waals surface area contributed by atoms with Crippen LogP contribution in [0.2, 0.25) is 0 Å². The Morgan fingerprint density at radius 2 is 1.96 bits per heavy atom. The van der Waals surface area contributed by atoms with E-state index in [9.17, 15) is 9.18 Å². The molecule has 1 aliphatic rings. The summed E-state index contributed by atoms with van der Waals surface area (Å²) < 4.78 is 23.8. The van der Waals surface area contributed by atoms with E-state index < -0.39 is 0 Å². The van der Waals surface area contributed by atoms with Gasteiger partial charge in [0.15, 0.2) is 11.5 Å². The number of nitrogens with zero attached hydrogens (tertiary/aromatic N) is 2. The highest BCUT2D eigenvalue weighted by atomic mass is 19.1. The van der Waals surface area contributed by atoms with Gasteiger partial charge in [-0.2, -0.15) is 0 Å². The molecule has 0 atom stereocenters. The zero-order chi connectivity index (χ0) is 18.6. The summed E-state index contributed by atoms with van der Waals surface area (Å²) >= 11 is 0. The number of fused-ring (bicyclic) bond motifs is 1. The summed E-state index contributed by atoms with van der Waals surface area (Å²) in [6.07, 6.45) is 2.77. The summed E-state index contributed by atoms with van der Waals surface area (Å²) in [5, 5.41) is 5.70. The molecule has 2 N–H and O–H groups in total. The van der Waals surface area contributed by atoms with E-state index in [2.05, 4.69) is 20.6 Å². The summed E-state index contributed by atoms with van der Waals surface area (Å²) in [6, 6.07) is 11.5. The summed E-state index contributed by atoms with van der Waals surface area (Å²) in [7, 11) is 0. The highest BCUT2D eigenvalue weighted by Gasteiger charge is 2.14. The van der Waals surface area contributed by atoms with Crippen molar-refractivity contribution < 1.29 is 18.7 Å². The minimum atomic E-state index is -0.354. The van der Waals surface area contributed by atoms with Gasteiger partial charge in [0.05, 0.1) is 12.4 Å². The Labute approximate surface area is 154 Å². The lowest BCUT2D eigenvalue weighted by Gasteiger charge is -2.07. The zero-order valence-electron chi connectivity index (χ0n) is 14.1. The molecule has 2 heterocycles. The SMILES string of the molecule is O=C(NCc1ccc2c(c1)OCO2)c1cnc(Nc2cccc(F)c2)cn1. The Morgan fingerprint density at radius 1 is 1.07 bits per heavy atom. The van der Waals surface area contributed by atoms with Crippen LogP contribution in [0.15, 0.2) is 54.9 Å². The number of hydrogen-bond acceptors (Lipinski definition) is 6. The molecule has 4 rings (SSSR count). The molecule has 1 aromatic heterocycles. The predicted octanol–water partition coefficient (Wildman–Crippen LogP) is 3.02. The van der Waals surface area contributed by atoms with E-state index in [1.54, 1.807) is 18.2 Å². The Kier molecular flexibility index (Phi) is 4.52. The van der Waals surface area contributed by atoms with Gasteiger partial charge in [-0.05, 0) is 35.9 Å². The van der Waals surface area contributed by atoms with Crippen LogP contribution in [0.4, 0.5) is 15.9 Å². The predicted molar refractivity (Wildman–Crippen MR) is 95.4 cm³/mol.